The van der Waals surface area contributed by atoms with Gasteiger partial charge < -0.3 is 15.4 Å². The van der Waals surface area contributed by atoms with Gasteiger partial charge in [0.15, 0.2) is 0 Å². The van der Waals surface area contributed by atoms with Crippen molar-refractivity contribution in [3.8, 4) is 5.75 Å². The summed E-state index contributed by atoms with van der Waals surface area (Å²) >= 11 is 0. The number of hydrogen-bond donors (Lipinski definition) is 1. The maximum atomic E-state index is 12.8. The minimum absolute atomic E-state index is 0.0782. The molecule has 2 N–H and O–H groups in total. The number of para-hydroxylation sites is 1. The Morgan fingerprint density at radius 2 is 2.14 bits per heavy atom. The molecule has 1 aromatic carbocycles. The van der Waals surface area contributed by atoms with E-state index >= 15 is 0 Å². The number of nitrogens with two attached hydrogens (primary N) is 1. The second-order valence-electron chi connectivity index (χ2n) is 6.54. The Morgan fingerprint density at radius 3 is 2.82 bits per heavy atom. The molecule has 1 fully saturated rings. The summed E-state index contributed by atoms with van der Waals surface area (Å²) in [6, 6.07) is 7.89. The molecule has 0 bridgehead atoms. The third kappa shape index (κ3) is 3.80. The van der Waals surface area contributed by atoms with Gasteiger partial charge in [0.05, 0.1) is 12.5 Å². The second kappa shape index (κ2) is 7.14. The van der Waals surface area contributed by atoms with E-state index in [1.807, 2.05) is 45.2 Å². The van der Waals surface area contributed by atoms with Crippen LogP contribution in [0.25, 0.3) is 0 Å². The molecule has 122 valence electrons. The molecule has 22 heavy (non-hydrogen) atoms. The predicted molar refractivity (Wildman–Crippen MR) is 88.6 cm³/mol. The van der Waals surface area contributed by atoms with Crippen LogP contribution in [0, 0.1) is 5.92 Å². The molecule has 0 heterocycles. The Labute approximate surface area is 133 Å². The van der Waals surface area contributed by atoms with E-state index in [0.717, 1.165) is 37.0 Å². The van der Waals surface area contributed by atoms with Gasteiger partial charge in [-0.1, -0.05) is 31.0 Å². The van der Waals surface area contributed by atoms with Crippen LogP contribution < -0.4 is 10.5 Å². The van der Waals surface area contributed by atoms with Gasteiger partial charge in [-0.05, 0) is 32.8 Å². The SMILES string of the molecule is CCOc1ccccc1CN(C)C(=O)C1CCCCC1(C)N. The average Bonchev–Trinajstić information content (AvgIpc) is 2.48. The molecule has 2 unspecified atom stereocenters. The molecule has 0 spiro atoms. The summed E-state index contributed by atoms with van der Waals surface area (Å²) in [7, 11) is 1.86. The highest BCUT2D eigenvalue weighted by molar-refractivity contribution is 5.80. The third-order valence-electron chi connectivity index (χ3n) is 4.61. The van der Waals surface area contributed by atoms with Crippen LogP contribution in [0.5, 0.6) is 5.75 Å². The van der Waals surface area contributed by atoms with Crippen LogP contribution in [0.1, 0.15) is 45.1 Å². The Bertz CT molecular complexity index is 514. The fourth-order valence-corrected chi connectivity index (χ4v) is 3.29. The van der Waals surface area contributed by atoms with E-state index in [0.29, 0.717) is 13.2 Å². The molecule has 0 aliphatic heterocycles. The van der Waals surface area contributed by atoms with Gasteiger partial charge in [-0.2, -0.15) is 0 Å². The lowest BCUT2D eigenvalue weighted by molar-refractivity contribution is -0.138. The van der Waals surface area contributed by atoms with Crippen molar-refractivity contribution >= 4 is 5.91 Å². The third-order valence-corrected chi connectivity index (χ3v) is 4.61. The number of carbonyl (C=O) groups is 1. The summed E-state index contributed by atoms with van der Waals surface area (Å²) in [5.74, 6) is 0.922. The monoisotopic (exact) mass is 304 g/mol. The molecule has 2 rings (SSSR count). The molecule has 4 nitrogen and oxygen atoms in total. The van der Waals surface area contributed by atoms with E-state index in [4.69, 9.17) is 10.5 Å². The molecule has 1 aliphatic carbocycles. The van der Waals surface area contributed by atoms with Crippen LogP contribution >= 0.6 is 0 Å². The van der Waals surface area contributed by atoms with Gasteiger partial charge in [-0.25, -0.2) is 0 Å². The average molecular weight is 304 g/mol. The fraction of sp³-hybridized carbons (Fsp3) is 0.611. The second-order valence-corrected chi connectivity index (χ2v) is 6.54. The Kier molecular flexibility index (Phi) is 5.46. The molecule has 1 aromatic rings. The molecule has 1 saturated carbocycles. The number of nitrogens with zero attached hydrogens (tertiary/aromatic N) is 1. The standard InChI is InChI=1S/C18H28N2O2/c1-4-22-16-11-6-5-9-14(16)13-20(3)17(21)15-10-7-8-12-18(15,2)19/h5-6,9,11,15H,4,7-8,10,12-13,19H2,1-3H3. The van der Waals surface area contributed by atoms with Crippen molar-refractivity contribution in [2.75, 3.05) is 13.7 Å². The lowest BCUT2D eigenvalue weighted by Gasteiger charge is -2.39. The normalized spacial score (nSPS) is 24.8. The topological polar surface area (TPSA) is 55.6 Å². The first kappa shape index (κ1) is 16.8. The Hall–Kier alpha value is -1.55. The van der Waals surface area contributed by atoms with Crippen LogP contribution in [0.15, 0.2) is 24.3 Å². The van der Waals surface area contributed by atoms with Gasteiger partial charge in [-0.3, -0.25) is 4.79 Å². The smallest absolute Gasteiger partial charge is 0.227 e. The molecule has 0 radical (unpaired) electrons. The number of rotatable bonds is 5. The summed E-state index contributed by atoms with van der Waals surface area (Å²) < 4.78 is 5.64. The molecule has 1 aliphatic rings. The fourth-order valence-electron chi connectivity index (χ4n) is 3.29. The van der Waals surface area contributed by atoms with Gasteiger partial charge in [0.2, 0.25) is 5.91 Å². The van der Waals surface area contributed by atoms with E-state index in [2.05, 4.69) is 0 Å². The zero-order valence-electron chi connectivity index (χ0n) is 14.0. The lowest BCUT2D eigenvalue weighted by atomic mass is 9.74. The maximum Gasteiger partial charge on any atom is 0.227 e. The molecule has 1 amide bonds. The van der Waals surface area contributed by atoms with E-state index in [9.17, 15) is 4.79 Å². The number of ether oxygens (including phenoxy) is 1. The molecule has 0 aromatic heterocycles. The van der Waals surface area contributed by atoms with Gasteiger partial charge >= 0.3 is 0 Å². The van der Waals surface area contributed by atoms with E-state index in [-0.39, 0.29) is 17.4 Å². The summed E-state index contributed by atoms with van der Waals surface area (Å²) in [6.45, 7) is 5.16. The van der Waals surface area contributed by atoms with Crippen LogP contribution in [0.3, 0.4) is 0 Å². The summed E-state index contributed by atoms with van der Waals surface area (Å²) in [6.07, 6.45) is 4.02. The summed E-state index contributed by atoms with van der Waals surface area (Å²) in [5.41, 5.74) is 7.01. The van der Waals surface area contributed by atoms with Gasteiger partial charge in [0, 0.05) is 24.7 Å². The largest absolute Gasteiger partial charge is 0.494 e. The van der Waals surface area contributed by atoms with Crippen molar-refractivity contribution in [1.29, 1.82) is 0 Å². The minimum Gasteiger partial charge on any atom is -0.494 e. The minimum atomic E-state index is -0.386. The zero-order chi connectivity index (χ0) is 16.2. The van der Waals surface area contributed by atoms with E-state index in [1.165, 1.54) is 0 Å². The maximum absolute atomic E-state index is 12.8. The molecule has 4 heteroatoms. The lowest BCUT2D eigenvalue weighted by Crippen LogP contribution is -2.53. The van der Waals surface area contributed by atoms with Crippen molar-refractivity contribution in [3.63, 3.8) is 0 Å². The summed E-state index contributed by atoms with van der Waals surface area (Å²) in [5, 5.41) is 0. The number of carbonyl (C=O) groups excluding carboxylic acids is 1. The number of hydrogen-bond acceptors (Lipinski definition) is 3. The number of benzene rings is 1. The van der Waals surface area contributed by atoms with Gasteiger partial charge in [0.25, 0.3) is 0 Å². The highest BCUT2D eigenvalue weighted by atomic mass is 16.5. The summed E-state index contributed by atoms with van der Waals surface area (Å²) in [4.78, 5) is 14.6. The first-order chi connectivity index (χ1) is 10.5. The van der Waals surface area contributed by atoms with Gasteiger partial charge in [0.1, 0.15) is 5.75 Å². The Morgan fingerprint density at radius 1 is 1.41 bits per heavy atom. The van der Waals surface area contributed by atoms with Crippen LogP contribution in [0.4, 0.5) is 0 Å². The van der Waals surface area contributed by atoms with Crippen LogP contribution in [-0.2, 0) is 11.3 Å². The Balaban J connectivity index is 2.08. The van der Waals surface area contributed by atoms with Crippen LogP contribution in [-0.4, -0.2) is 30.0 Å². The molecular weight excluding hydrogens is 276 g/mol. The van der Waals surface area contributed by atoms with Crippen molar-refractivity contribution in [2.45, 2.75) is 51.6 Å². The van der Waals surface area contributed by atoms with Gasteiger partial charge in [-0.15, -0.1) is 0 Å². The van der Waals surface area contributed by atoms with E-state index < -0.39 is 0 Å². The molecule has 2 atom stereocenters. The predicted octanol–water partition coefficient (Wildman–Crippen LogP) is 2.95. The number of amides is 1. The molecule has 0 saturated heterocycles. The first-order valence-corrected chi connectivity index (χ1v) is 8.20. The highest BCUT2D eigenvalue weighted by Gasteiger charge is 2.39. The zero-order valence-corrected chi connectivity index (χ0v) is 14.0. The quantitative estimate of drug-likeness (QED) is 0.910. The highest BCUT2D eigenvalue weighted by Crippen LogP contribution is 2.33. The van der Waals surface area contributed by atoms with E-state index in [1.54, 1.807) is 4.90 Å². The first-order valence-electron chi connectivity index (χ1n) is 8.20. The van der Waals surface area contributed by atoms with Crippen molar-refractivity contribution in [2.24, 2.45) is 11.7 Å². The molecular formula is C18H28N2O2. The van der Waals surface area contributed by atoms with Crippen LogP contribution in [0.2, 0.25) is 0 Å². The van der Waals surface area contributed by atoms with Crippen molar-refractivity contribution in [1.82, 2.24) is 4.90 Å². The van der Waals surface area contributed by atoms with Crippen molar-refractivity contribution < 1.29 is 9.53 Å². The van der Waals surface area contributed by atoms with Crippen molar-refractivity contribution in [3.05, 3.63) is 29.8 Å².